The average molecular weight is 383 g/mol. The minimum atomic E-state index is -0.0861. The van der Waals surface area contributed by atoms with E-state index in [9.17, 15) is 9.90 Å². The number of ether oxygens (including phenoxy) is 2. The van der Waals surface area contributed by atoms with Crippen molar-refractivity contribution in [2.75, 3.05) is 26.3 Å². The van der Waals surface area contributed by atoms with Gasteiger partial charge in [0.05, 0.1) is 19.3 Å². The maximum absolute atomic E-state index is 13.0. The topological polar surface area (TPSA) is 59.0 Å². The quantitative estimate of drug-likeness (QED) is 0.822. The highest BCUT2D eigenvalue weighted by Crippen LogP contribution is 2.28. The molecule has 28 heavy (non-hydrogen) atoms. The summed E-state index contributed by atoms with van der Waals surface area (Å²) in [6.07, 6.45) is 1.82. The highest BCUT2D eigenvalue weighted by Gasteiger charge is 2.21. The molecule has 1 N–H and O–H groups in total. The summed E-state index contributed by atoms with van der Waals surface area (Å²) >= 11 is 0. The number of rotatable bonds is 6. The van der Waals surface area contributed by atoms with Crippen LogP contribution in [0.4, 0.5) is 0 Å². The minimum absolute atomic E-state index is 0.0319. The standard InChI is InChI=1S/C23H29NO4/c1-3-11-28-22-9-8-19(14-21(22)16-25)18-6-4-7-20(13-18)23(26)24-10-5-12-27-17(2)15-24/h4,6-9,13-14,17,25H,3,5,10-12,15-16H2,1-2H3/t17-/m0/s1. The van der Waals surface area contributed by atoms with E-state index in [2.05, 4.69) is 0 Å². The fraction of sp³-hybridized carbons (Fsp3) is 0.435. The molecule has 1 atom stereocenters. The molecule has 0 unspecified atom stereocenters. The first-order valence-corrected chi connectivity index (χ1v) is 10.00. The fourth-order valence-corrected chi connectivity index (χ4v) is 3.43. The van der Waals surface area contributed by atoms with E-state index in [0.29, 0.717) is 37.6 Å². The van der Waals surface area contributed by atoms with Crippen molar-refractivity contribution in [2.45, 2.75) is 39.4 Å². The Bertz CT molecular complexity index is 805. The van der Waals surface area contributed by atoms with E-state index in [-0.39, 0.29) is 18.6 Å². The van der Waals surface area contributed by atoms with E-state index in [4.69, 9.17) is 9.47 Å². The van der Waals surface area contributed by atoms with Crippen LogP contribution in [0, 0.1) is 0 Å². The maximum Gasteiger partial charge on any atom is 0.253 e. The van der Waals surface area contributed by atoms with E-state index in [1.807, 2.05) is 61.2 Å². The zero-order valence-electron chi connectivity index (χ0n) is 16.7. The van der Waals surface area contributed by atoms with Gasteiger partial charge in [0.15, 0.2) is 0 Å². The molecule has 1 aliphatic heterocycles. The van der Waals surface area contributed by atoms with E-state index in [1.54, 1.807) is 0 Å². The van der Waals surface area contributed by atoms with E-state index >= 15 is 0 Å². The van der Waals surface area contributed by atoms with Crippen LogP contribution in [0.25, 0.3) is 11.1 Å². The number of nitrogens with zero attached hydrogens (tertiary/aromatic N) is 1. The molecule has 0 saturated carbocycles. The molecular weight excluding hydrogens is 354 g/mol. The van der Waals surface area contributed by atoms with Crippen molar-refractivity contribution >= 4 is 5.91 Å². The number of carbonyl (C=O) groups excluding carboxylic acids is 1. The summed E-state index contributed by atoms with van der Waals surface area (Å²) in [5, 5.41) is 9.70. The summed E-state index contributed by atoms with van der Waals surface area (Å²) < 4.78 is 11.3. The molecule has 1 amide bonds. The van der Waals surface area contributed by atoms with Gasteiger partial charge in [-0.1, -0.05) is 25.1 Å². The number of benzene rings is 2. The molecule has 2 aromatic carbocycles. The molecule has 5 nitrogen and oxygen atoms in total. The summed E-state index contributed by atoms with van der Waals surface area (Å²) in [4.78, 5) is 14.9. The lowest BCUT2D eigenvalue weighted by Gasteiger charge is -2.22. The van der Waals surface area contributed by atoms with Crippen LogP contribution < -0.4 is 4.74 Å². The first-order valence-electron chi connectivity index (χ1n) is 10.00. The molecule has 1 aliphatic rings. The van der Waals surface area contributed by atoms with Crippen LogP contribution in [0.1, 0.15) is 42.6 Å². The number of aliphatic hydroxyl groups excluding tert-OH is 1. The van der Waals surface area contributed by atoms with Crippen molar-refractivity contribution in [1.29, 1.82) is 0 Å². The predicted molar refractivity (Wildman–Crippen MR) is 110 cm³/mol. The number of aliphatic hydroxyl groups is 1. The van der Waals surface area contributed by atoms with Gasteiger partial charge < -0.3 is 19.5 Å². The molecule has 0 aliphatic carbocycles. The molecule has 3 rings (SSSR count). The summed E-state index contributed by atoms with van der Waals surface area (Å²) in [5.74, 6) is 0.739. The molecule has 2 aromatic rings. The molecule has 5 heteroatoms. The molecular formula is C23H29NO4. The SMILES string of the molecule is CCCOc1ccc(-c2cccc(C(=O)N3CCCO[C@@H](C)C3)c2)cc1CO. The Balaban J connectivity index is 1.83. The van der Waals surface area contributed by atoms with Crippen LogP contribution in [0.3, 0.4) is 0 Å². The van der Waals surface area contributed by atoms with Crippen LogP contribution in [0.15, 0.2) is 42.5 Å². The van der Waals surface area contributed by atoms with E-state index in [1.165, 1.54) is 0 Å². The predicted octanol–water partition coefficient (Wildman–Crippen LogP) is 3.89. The van der Waals surface area contributed by atoms with Gasteiger partial charge in [-0.25, -0.2) is 0 Å². The molecule has 0 spiro atoms. The van der Waals surface area contributed by atoms with Crippen LogP contribution in [0.5, 0.6) is 5.75 Å². The number of hydrogen-bond acceptors (Lipinski definition) is 4. The highest BCUT2D eigenvalue weighted by molar-refractivity contribution is 5.95. The summed E-state index contributed by atoms with van der Waals surface area (Å²) in [5.41, 5.74) is 3.32. The number of amides is 1. The van der Waals surface area contributed by atoms with Gasteiger partial charge in [0.25, 0.3) is 5.91 Å². The molecule has 0 bridgehead atoms. The maximum atomic E-state index is 13.0. The lowest BCUT2D eigenvalue weighted by molar-refractivity contribution is 0.0563. The van der Waals surface area contributed by atoms with Crippen molar-refractivity contribution in [2.24, 2.45) is 0 Å². The van der Waals surface area contributed by atoms with Gasteiger partial charge in [0.2, 0.25) is 0 Å². The van der Waals surface area contributed by atoms with Gasteiger partial charge in [-0.05, 0) is 55.2 Å². The second kappa shape index (κ2) is 9.71. The smallest absolute Gasteiger partial charge is 0.253 e. The van der Waals surface area contributed by atoms with Crippen molar-refractivity contribution in [3.63, 3.8) is 0 Å². The third-order valence-electron chi connectivity index (χ3n) is 4.87. The van der Waals surface area contributed by atoms with Gasteiger partial charge in [-0.15, -0.1) is 0 Å². The second-order valence-corrected chi connectivity index (χ2v) is 7.20. The first kappa shape index (κ1) is 20.4. The number of hydrogen-bond donors (Lipinski definition) is 1. The first-order chi connectivity index (χ1) is 13.6. The molecule has 1 fully saturated rings. The average Bonchev–Trinajstić information content (AvgIpc) is 2.96. The second-order valence-electron chi connectivity index (χ2n) is 7.20. The molecule has 1 saturated heterocycles. The van der Waals surface area contributed by atoms with Crippen molar-refractivity contribution < 1.29 is 19.4 Å². The lowest BCUT2D eigenvalue weighted by atomic mass is 10.00. The van der Waals surface area contributed by atoms with Crippen molar-refractivity contribution in [3.05, 3.63) is 53.6 Å². The lowest BCUT2D eigenvalue weighted by Crippen LogP contribution is -2.35. The summed E-state index contributed by atoms with van der Waals surface area (Å²) in [6.45, 7) is 6.60. The van der Waals surface area contributed by atoms with Crippen molar-refractivity contribution in [3.8, 4) is 16.9 Å². The summed E-state index contributed by atoms with van der Waals surface area (Å²) in [6, 6.07) is 13.4. The largest absolute Gasteiger partial charge is 0.493 e. The Morgan fingerprint density at radius 2 is 2.07 bits per heavy atom. The van der Waals surface area contributed by atoms with Crippen LogP contribution in [-0.2, 0) is 11.3 Å². The zero-order chi connectivity index (χ0) is 19.9. The Kier molecular flexibility index (Phi) is 7.06. The van der Waals surface area contributed by atoms with Gasteiger partial charge >= 0.3 is 0 Å². The highest BCUT2D eigenvalue weighted by atomic mass is 16.5. The molecule has 1 heterocycles. The van der Waals surface area contributed by atoms with Gasteiger partial charge in [-0.2, -0.15) is 0 Å². The monoisotopic (exact) mass is 383 g/mol. The third-order valence-corrected chi connectivity index (χ3v) is 4.87. The van der Waals surface area contributed by atoms with Crippen LogP contribution >= 0.6 is 0 Å². The van der Waals surface area contributed by atoms with Gasteiger partial charge in [0.1, 0.15) is 5.75 Å². The van der Waals surface area contributed by atoms with Crippen molar-refractivity contribution in [1.82, 2.24) is 4.90 Å². The third kappa shape index (κ3) is 4.91. The minimum Gasteiger partial charge on any atom is -0.493 e. The molecule has 150 valence electrons. The van der Waals surface area contributed by atoms with Gasteiger partial charge in [-0.3, -0.25) is 4.79 Å². The normalized spacial score (nSPS) is 17.2. The van der Waals surface area contributed by atoms with E-state index < -0.39 is 0 Å². The molecule has 0 radical (unpaired) electrons. The molecule has 0 aromatic heterocycles. The number of carbonyl (C=O) groups is 1. The Morgan fingerprint density at radius 1 is 1.25 bits per heavy atom. The Morgan fingerprint density at radius 3 is 2.86 bits per heavy atom. The van der Waals surface area contributed by atoms with E-state index in [0.717, 1.165) is 29.5 Å². The van der Waals surface area contributed by atoms with Crippen LogP contribution in [0.2, 0.25) is 0 Å². The Labute approximate surface area is 166 Å². The van der Waals surface area contributed by atoms with Crippen LogP contribution in [-0.4, -0.2) is 48.3 Å². The summed E-state index contributed by atoms with van der Waals surface area (Å²) in [7, 11) is 0. The van der Waals surface area contributed by atoms with Gasteiger partial charge in [0, 0.05) is 30.8 Å². The zero-order valence-corrected chi connectivity index (χ0v) is 16.7. The Hall–Kier alpha value is -2.37. The fourth-order valence-electron chi connectivity index (χ4n) is 3.43.